The summed E-state index contributed by atoms with van der Waals surface area (Å²) in [6.45, 7) is 1.39. The molecule has 0 saturated carbocycles. The van der Waals surface area contributed by atoms with Gasteiger partial charge in [-0.15, -0.1) is 0 Å². The fraction of sp³-hybridized carbons (Fsp3) is 0.263. The zero-order chi connectivity index (χ0) is 15.8. The maximum atomic E-state index is 14.6. The molecule has 1 aromatic heterocycles. The van der Waals surface area contributed by atoms with Crippen molar-refractivity contribution in [3.05, 3.63) is 59.1 Å². The Morgan fingerprint density at radius 1 is 1.04 bits per heavy atom. The van der Waals surface area contributed by atoms with Crippen LogP contribution in [-0.4, -0.2) is 24.2 Å². The van der Waals surface area contributed by atoms with Crippen LogP contribution in [0.2, 0.25) is 5.02 Å². The molecule has 3 aromatic rings. The third-order valence-corrected chi connectivity index (χ3v) is 4.97. The van der Waals surface area contributed by atoms with Crippen LogP contribution in [0.25, 0.3) is 22.2 Å². The molecule has 0 bridgehead atoms. The second-order valence-electron chi connectivity index (χ2n) is 6.06. The number of hydrogen-bond donors (Lipinski definition) is 2. The highest BCUT2D eigenvalue weighted by Crippen LogP contribution is 2.40. The summed E-state index contributed by atoms with van der Waals surface area (Å²) in [4.78, 5) is 3.44. The molecule has 0 aliphatic carbocycles. The molecule has 1 saturated heterocycles. The highest BCUT2D eigenvalue weighted by Gasteiger charge is 2.31. The Labute approximate surface area is 139 Å². The van der Waals surface area contributed by atoms with Crippen LogP contribution in [0.3, 0.4) is 0 Å². The van der Waals surface area contributed by atoms with Gasteiger partial charge in [-0.25, -0.2) is 4.39 Å². The number of piperidine rings is 1. The number of nitrogens with one attached hydrogen (secondary N) is 2. The van der Waals surface area contributed by atoms with Crippen molar-refractivity contribution in [2.45, 2.75) is 18.5 Å². The molecule has 23 heavy (non-hydrogen) atoms. The number of alkyl halides is 1. The van der Waals surface area contributed by atoms with Crippen molar-refractivity contribution in [3.8, 4) is 11.3 Å². The molecule has 0 unspecified atom stereocenters. The lowest BCUT2D eigenvalue weighted by atomic mass is 9.86. The van der Waals surface area contributed by atoms with Gasteiger partial charge in [-0.2, -0.15) is 0 Å². The molecule has 2 aromatic carbocycles. The first-order chi connectivity index (χ1) is 11.3. The molecular weight excluding hydrogens is 311 g/mol. The molecule has 2 atom stereocenters. The van der Waals surface area contributed by atoms with E-state index in [0.29, 0.717) is 18.0 Å². The van der Waals surface area contributed by atoms with Crippen LogP contribution in [0.5, 0.6) is 0 Å². The van der Waals surface area contributed by atoms with Crippen molar-refractivity contribution >= 4 is 22.5 Å². The van der Waals surface area contributed by atoms with Crippen molar-refractivity contribution < 1.29 is 4.39 Å². The van der Waals surface area contributed by atoms with Gasteiger partial charge in [0.15, 0.2) is 0 Å². The molecular formula is C19H18ClFN2. The maximum Gasteiger partial charge on any atom is 0.109 e. The molecule has 2 nitrogen and oxygen atoms in total. The first kappa shape index (κ1) is 14.7. The number of aromatic amines is 1. The number of benzene rings is 2. The predicted octanol–water partition coefficient (Wildman–Crippen LogP) is 4.90. The van der Waals surface area contributed by atoms with Crippen LogP contribution in [0.4, 0.5) is 4.39 Å². The molecule has 0 amide bonds. The third kappa shape index (κ3) is 2.54. The molecule has 1 aliphatic rings. The fourth-order valence-corrected chi connectivity index (χ4v) is 3.75. The van der Waals surface area contributed by atoms with Gasteiger partial charge in [-0.1, -0.05) is 54.1 Å². The average molecular weight is 329 g/mol. The third-order valence-electron chi connectivity index (χ3n) is 4.65. The van der Waals surface area contributed by atoms with E-state index >= 15 is 0 Å². The Bertz CT molecular complexity index is 828. The zero-order valence-electron chi connectivity index (χ0n) is 12.7. The van der Waals surface area contributed by atoms with E-state index in [0.717, 1.165) is 34.3 Å². The molecule has 1 aliphatic heterocycles. The van der Waals surface area contributed by atoms with Crippen molar-refractivity contribution in [1.82, 2.24) is 10.3 Å². The van der Waals surface area contributed by atoms with E-state index in [1.165, 1.54) is 0 Å². The summed E-state index contributed by atoms with van der Waals surface area (Å²) in [5.74, 6) is -0.161. The second kappa shape index (κ2) is 5.99. The average Bonchev–Trinajstić information content (AvgIpc) is 2.97. The van der Waals surface area contributed by atoms with E-state index in [9.17, 15) is 4.39 Å². The van der Waals surface area contributed by atoms with E-state index in [2.05, 4.69) is 10.3 Å². The number of aromatic nitrogens is 1. The van der Waals surface area contributed by atoms with E-state index in [1.807, 2.05) is 48.5 Å². The first-order valence-electron chi connectivity index (χ1n) is 7.96. The smallest absolute Gasteiger partial charge is 0.109 e. The second-order valence-corrected chi connectivity index (χ2v) is 6.46. The topological polar surface area (TPSA) is 27.8 Å². The van der Waals surface area contributed by atoms with Crippen molar-refractivity contribution in [2.24, 2.45) is 0 Å². The van der Waals surface area contributed by atoms with Crippen LogP contribution >= 0.6 is 11.6 Å². The normalized spacial score (nSPS) is 21.7. The van der Waals surface area contributed by atoms with Crippen LogP contribution in [-0.2, 0) is 0 Å². The minimum Gasteiger partial charge on any atom is -0.353 e. The van der Waals surface area contributed by atoms with Crippen molar-refractivity contribution in [3.63, 3.8) is 0 Å². The quantitative estimate of drug-likeness (QED) is 0.687. The Hall–Kier alpha value is -1.84. The van der Waals surface area contributed by atoms with Crippen LogP contribution in [0.15, 0.2) is 48.5 Å². The molecule has 1 fully saturated rings. The maximum absolute atomic E-state index is 14.6. The van der Waals surface area contributed by atoms with Gasteiger partial charge in [0.2, 0.25) is 0 Å². The van der Waals surface area contributed by atoms with E-state index in [1.54, 1.807) is 0 Å². The number of hydrogen-bond acceptors (Lipinski definition) is 1. The highest BCUT2D eigenvalue weighted by molar-refractivity contribution is 6.35. The van der Waals surface area contributed by atoms with Gasteiger partial charge in [-0.3, -0.25) is 0 Å². The lowest BCUT2D eigenvalue weighted by Gasteiger charge is -2.27. The SMILES string of the molecule is F[C@@H]1CCNC[C@H]1c1c(-c2ccccc2)[nH]c2c(Cl)cccc12. The van der Waals surface area contributed by atoms with E-state index in [4.69, 9.17) is 11.6 Å². The molecule has 2 heterocycles. The minimum atomic E-state index is -0.836. The largest absolute Gasteiger partial charge is 0.353 e. The van der Waals surface area contributed by atoms with E-state index in [-0.39, 0.29) is 5.92 Å². The summed E-state index contributed by atoms with van der Waals surface area (Å²) in [6.07, 6.45) is -0.289. The van der Waals surface area contributed by atoms with Crippen LogP contribution in [0.1, 0.15) is 17.9 Å². The molecule has 2 N–H and O–H groups in total. The lowest BCUT2D eigenvalue weighted by molar-refractivity contribution is 0.229. The fourth-order valence-electron chi connectivity index (χ4n) is 3.53. The lowest BCUT2D eigenvalue weighted by Crippen LogP contribution is -2.36. The summed E-state index contributed by atoms with van der Waals surface area (Å²) >= 11 is 6.36. The number of rotatable bonds is 2. The Morgan fingerprint density at radius 2 is 1.87 bits per heavy atom. The molecule has 4 heteroatoms. The van der Waals surface area contributed by atoms with Gasteiger partial charge in [-0.05, 0) is 30.2 Å². The molecule has 4 rings (SSSR count). The first-order valence-corrected chi connectivity index (χ1v) is 8.34. The minimum absolute atomic E-state index is 0.161. The van der Waals surface area contributed by atoms with Gasteiger partial charge in [0, 0.05) is 17.8 Å². The standard InChI is InChI=1S/C19H18ClFN2/c20-15-8-4-7-13-17(14-11-22-10-9-16(14)21)18(23-19(13)15)12-5-2-1-3-6-12/h1-8,14,16,22-23H,9-11H2/t14-,16-/m1/s1. The van der Waals surface area contributed by atoms with Crippen LogP contribution in [0, 0.1) is 0 Å². The van der Waals surface area contributed by atoms with Gasteiger partial charge in [0.05, 0.1) is 16.2 Å². The highest BCUT2D eigenvalue weighted by atomic mass is 35.5. The van der Waals surface area contributed by atoms with Gasteiger partial charge >= 0.3 is 0 Å². The zero-order valence-corrected chi connectivity index (χ0v) is 13.4. The summed E-state index contributed by atoms with van der Waals surface area (Å²) in [5, 5.41) is 5.02. The van der Waals surface area contributed by atoms with Gasteiger partial charge < -0.3 is 10.3 Å². The van der Waals surface area contributed by atoms with Gasteiger partial charge in [0.25, 0.3) is 0 Å². The number of fused-ring (bicyclic) bond motifs is 1. The number of halogens is 2. The van der Waals surface area contributed by atoms with E-state index < -0.39 is 6.17 Å². The Morgan fingerprint density at radius 3 is 2.65 bits per heavy atom. The van der Waals surface area contributed by atoms with Crippen molar-refractivity contribution in [2.75, 3.05) is 13.1 Å². The summed E-state index contributed by atoms with van der Waals surface area (Å²) < 4.78 is 14.6. The number of para-hydroxylation sites is 1. The Balaban J connectivity index is 1.98. The molecule has 0 radical (unpaired) electrons. The predicted molar refractivity (Wildman–Crippen MR) is 93.9 cm³/mol. The van der Waals surface area contributed by atoms with Crippen molar-refractivity contribution in [1.29, 1.82) is 0 Å². The summed E-state index contributed by atoms with van der Waals surface area (Å²) in [7, 11) is 0. The van der Waals surface area contributed by atoms with Crippen LogP contribution < -0.4 is 5.32 Å². The Kier molecular flexibility index (Phi) is 3.83. The van der Waals surface area contributed by atoms with Gasteiger partial charge in [0.1, 0.15) is 6.17 Å². The monoisotopic (exact) mass is 328 g/mol. The summed E-state index contributed by atoms with van der Waals surface area (Å²) in [6, 6.07) is 15.9. The molecule has 118 valence electrons. The summed E-state index contributed by atoms with van der Waals surface area (Å²) in [5.41, 5.74) is 3.96. The molecule has 0 spiro atoms. The number of H-pyrrole nitrogens is 1.